The van der Waals surface area contributed by atoms with E-state index in [0.29, 0.717) is 31.1 Å². The fourth-order valence-corrected chi connectivity index (χ4v) is 4.18. The molecule has 31 heavy (non-hydrogen) atoms. The molecule has 4 heterocycles. The minimum atomic E-state index is -0.101. The maximum Gasteiger partial charge on any atom is 0.266 e. The second-order valence-corrected chi connectivity index (χ2v) is 7.99. The number of likely N-dealkylation sites (tertiary alicyclic amines) is 1. The second-order valence-electron chi connectivity index (χ2n) is 7.99. The van der Waals surface area contributed by atoms with Gasteiger partial charge in [-0.15, -0.1) is 0 Å². The summed E-state index contributed by atoms with van der Waals surface area (Å²) in [6, 6.07) is 14.8. The Bertz CT molecular complexity index is 1270. The molecule has 1 aliphatic heterocycles. The monoisotopic (exact) mass is 413 g/mol. The molecule has 1 aromatic carbocycles. The van der Waals surface area contributed by atoms with Gasteiger partial charge < -0.3 is 9.88 Å². The van der Waals surface area contributed by atoms with E-state index in [2.05, 4.69) is 15.1 Å². The summed E-state index contributed by atoms with van der Waals surface area (Å²) < 4.78 is 1.55. The molecule has 7 nitrogen and oxygen atoms in total. The molecular formula is C24H23N5O2. The van der Waals surface area contributed by atoms with E-state index >= 15 is 0 Å². The van der Waals surface area contributed by atoms with Crippen LogP contribution >= 0.6 is 0 Å². The van der Waals surface area contributed by atoms with Gasteiger partial charge >= 0.3 is 0 Å². The van der Waals surface area contributed by atoms with Crippen LogP contribution in [0.5, 0.6) is 0 Å². The van der Waals surface area contributed by atoms with Crippen molar-refractivity contribution < 1.29 is 4.79 Å². The second kappa shape index (κ2) is 8.18. The number of H-pyrrole nitrogens is 1. The first-order valence-corrected chi connectivity index (χ1v) is 10.5. The number of hydrogen-bond acceptors (Lipinski definition) is 4. The molecule has 5 rings (SSSR count). The van der Waals surface area contributed by atoms with Crippen LogP contribution in [0.15, 0.2) is 71.9 Å². The van der Waals surface area contributed by atoms with Crippen molar-refractivity contribution >= 4 is 16.8 Å². The number of aromatic amines is 1. The number of benzene rings is 1. The van der Waals surface area contributed by atoms with Crippen LogP contribution in [0.1, 0.15) is 23.2 Å². The molecule has 0 bridgehead atoms. The molecule has 1 fully saturated rings. The third-order valence-corrected chi connectivity index (χ3v) is 5.98. The largest absolute Gasteiger partial charge is 0.361 e. The number of rotatable bonds is 4. The Kier molecular flexibility index (Phi) is 5.08. The Balaban J connectivity index is 1.25. The maximum absolute atomic E-state index is 12.9. The van der Waals surface area contributed by atoms with E-state index in [1.165, 1.54) is 0 Å². The van der Waals surface area contributed by atoms with Gasteiger partial charge in [0, 0.05) is 60.9 Å². The topological polar surface area (TPSA) is 83.9 Å². The molecule has 0 spiro atoms. The highest BCUT2D eigenvalue weighted by Crippen LogP contribution is 2.22. The van der Waals surface area contributed by atoms with Gasteiger partial charge in [-0.05, 0) is 60.5 Å². The Labute approximate surface area is 179 Å². The number of aromatic nitrogens is 4. The van der Waals surface area contributed by atoms with Crippen LogP contribution in [0, 0.1) is 5.92 Å². The molecule has 1 saturated heterocycles. The number of carbonyl (C=O) groups excluding carboxylic acids is 1. The zero-order valence-corrected chi connectivity index (χ0v) is 17.1. The van der Waals surface area contributed by atoms with Gasteiger partial charge in [-0.2, -0.15) is 5.10 Å². The van der Waals surface area contributed by atoms with Crippen LogP contribution in [0.3, 0.4) is 0 Å². The number of amides is 1. The minimum Gasteiger partial charge on any atom is -0.361 e. The van der Waals surface area contributed by atoms with Crippen molar-refractivity contribution in [2.45, 2.75) is 19.4 Å². The Morgan fingerprint density at radius 1 is 1.03 bits per heavy atom. The molecule has 0 aliphatic carbocycles. The van der Waals surface area contributed by atoms with E-state index in [4.69, 9.17) is 0 Å². The predicted molar refractivity (Wildman–Crippen MR) is 119 cm³/mol. The van der Waals surface area contributed by atoms with E-state index < -0.39 is 0 Å². The highest BCUT2D eigenvalue weighted by atomic mass is 16.2. The Morgan fingerprint density at radius 3 is 2.65 bits per heavy atom. The number of carbonyl (C=O) groups is 1. The predicted octanol–water partition coefficient (Wildman–Crippen LogP) is 3.34. The number of pyridine rings is 1. The fourth-order valence-electron chi connectivity index (χ4n) is 4.18. The lowest BCUT2D eigenvalue weighted by molar-refractivity contribution is 0.0680. The lowest BCUT2D eigenvalue weighted by Crippen LogP contribution is -2.40. The summed E-state index contributed by atoms with van der Waals surface area (Å²) in [5.41, 5.74) is 3.27. The average Bonchev–Trinajstić information content (AvgIpc) is 3.29. The zero-order chi connectivity index (χ0) is 21.2. The van der Waals surface area contributed by atoms with Gasteiger partial charge in [0.1, 0.15) is 0 Å². The smallest absolute Gasteiger partial charge is 0.266 e. The lowest BCUT2D eigenvalue weighted by atomic mass is 9.96. The first kappa shape index (κ1) is 19.2. The molecule has 1 N–H and O–H groups in total. The average molecular weight is 413 g/mol. The van der Waals surface area contributed by atoms with Gasteiger partial charge in [0.05, 0.1) is 5.69 Å². The van der Waals surface area contributed by atoms with Gasteiger partial charge in [0.2, 0.25) is 0 Å². The molecule has 3 aromatic heterocycles. The fraction of sp³-hybridized carbons (Fsp3) is 0.250. The van der Waals surface area contributed by atoms with Crippen LogP contribution in [0.25, 0.3) is 22.2 Å². The summed E-state index contributed by atoms with van der Waals surface area (Å²) in [6.45, 7) is 1.93. The van der Waals surface area contributed by atoms with Crippen molar-refractivity contribution in [3.05, 3.63) is 83.0 Å². The summed E-state index contributed by atoms with van der Waals surface area (Å²) in [5.74, 6) is 0.373. The summed E-state index contributed by atoms with van der Waals surface area (Å²) in [4.78, 5) is 34.4. The summed E-state index contributed by atoms with van der Waals surface area (Å²) >= 11 is 0. The Morgan fingerprint density at radius 2 is 1.84 bits per heavy atom. The molecule has 0 unspecified atom stereocenters. The summed E-state index contributed by atoms with van der Waals surface area (Å²) in [7, 11) is 0. The standard InChI is InChI=1S/C24H23N5O2/c30-23-4-3-21(19-5-10-25-11-6-19)27-29(23)16-17-8-13-28(14-9-17)24(31)20-2-1-18-7-12-26-22(18)15-20/h1-7,10-12,15,17,26H,8-9,13-14,16H2. The first-order chi connectivity index (χ1) is 15.2. The van der Waals surface area contributed by atoms with Crippen molar-refractivity contribution in [2.75, 3.05) is 13.1 Å². The van der Waals surface area contributed by atoms with Gasteiger partial charge in [0.15, 0.2) is 0 Å². The van der Waals surface area contributed by atoms with Gasteiger partial charge in [0.25, 0.3) is 11.5 Å². The van der Waals surface area contributed by atoms with Crippen LogP contribution in [-0.4, -0.2) is 43.6 Å². The minimum absolute atomic E-state index is 0.0601. The first-order valence-electron chi connectivity index (χ1n) is 10.5. The van der Waals surface area contributed by atoms with Crippen molar-refractivity contribution in [1.82, 2.24) is 24.6 Å². The molecule has 1 amide bonds. The SMILES string of the molecule is O=C(c1ccc2cc[nH]c2c1)N1CCC(Cn2nc(-c3ccncc3)ccc2=O)CC1. The molecule has 7 heteroatoms. The number of fused-ring (bicyclic) bond motifs is 1. The number of nitrogens with zero attached hydrogens (tertiary/aromatic N) is 4. The molecule has 4 aromatic rings. The van der Waals surface area contributed by atoms with Crippen LogP contribution in [0.2, 0.25) is 0 Å². The number of hydrogen-bond donors (Lipinski definition) is 1. The van der Waals surface area contributed by atoms with E-state index in [1.807, 2.05) is 47.5 Å². The third kappa shape index (κ3) is 3.99. The summed E-state index contributed by atoms with van der Waals surface area (Å²) in [5, 5.41) is 5.65. The third-order valence-electron chi connectivity index (χ3n) is 5.98. The van der Waals surface area contributed by atoms with E-state index in [9.17, 15) is 9.59 Å². The van der Waals surface area contributed by atoms with Crippen LogP contribution in [-0.2, 0) is 6.54 Å². The van der Waals surface area contributed by atoms with Crippen LogP contribution < -0.4 is 5.56 Å². The maximum atomic E-state index is 12.9. The normalized spacial score (nSPS) is 14.8. The van der Waals surface area contributed by atoms with E-state index in [0.717, 1.165) is 35.0 Å². The van der Waals surface area contributed by atoms with Crippen LogP contribution in [0.4, 0.5) is 0 Å². The van der Waals surface area contributed by atoms with Crippen molar-refractivity contribution in [2.24, 2.45) is 5.92 Å². The molecule has 0 saturated carbocycles. The molecule has 1 aliphatic rings. The molecule has 0 radical (unpaired) electrons. The van der Waals surface area contributed by atoms with Gasteiger partial charge in [-0.25, -0.2) is 4.68 Å². The van der Waals surface area contributed by atoms with Crippen molar-refractivity contribution in [3.63, 3.8) is 0 Å². The van der Waals surface area contributed by atoms with Gasteiger partial charge in [-0.3, -0.25) is 14.6 Å². The molecule has 156 valence electrons. The van der Waals surface area contributed by atoms with Crippen molar-refractivity contribution in [3.8, 4) is 11.3 Å². The quantitative estimate of drug-likeness (QED) is 0.556. The highest BCUT2D eigenvalue weighted by molar-refractivity contribution is 5.98. The highest BCUT2D eigenvalue weighted by Gasteiger charge is 2.24. The Hall–Kier alpha value is -3.74. The van der Waals surface area contributed by atoms with E-state index in [1.54, 1.807) is 29.2 Å². The molecule has 0 atom stereocenters. The molecular weight excluding hydrogens is 390 g/mol. The number of piperidine rings is 1. The van der Waals surface area contributed by atoms with E-state index in [-0.39, 0.29) is 11.5 Å². The number of nitrogens with one attached hydrogen (secondary N) is 1. The van der Waals surface area contributed by atoms with Crippen molar-refractivity contribution in [1.29, 1.82) is 0 Å². The zero-order valence-electron chi connectivity index (χ0n) is 17.1. The summed E-state index contributed by atoms with van der Waals surface area (Å²) in [6.07, 6.45) is 7.01. The van der Waals surface area contributed by atoms with Gasteiger partial charge in [-0.1, -0.05) is 6.07 Å². The lowest BCUT2D eigenvalue weighted by Gasteiger charge is -2.32.